The fourth-order valence-electron chi connectivity index (χ4n) is 2.14. The summed E-state index contributed by atoms with van der Waals surface area (Å²) in [6, 6.07) is 0.909. The van der Waals surface area contributed by atoms with E-state index in [0.717, 1.165) is 6.07 Å². The molecule has 1 aromatic rings. The SMILES string of the molecule is O=c1cc(S)n([C@@H]2O[C@H](COP(=O)(O)OP(=O)(O)O)[C@@H](O)[C@H]2O)c(=O)[nH]1. The molecule has 2 rings (SSSR count). The first-order chi connectivity index (χ1) is 11.8. The van der Waals surface area contributed by atoms with E-state index in [1.807, 2.05) is 4.98 Å². The van der Waals surface area contributed by atoms with Gasteiger partial charge in [0.15, 0.2) is 6.23 Å². The molecule has 1 unspecified atom stereocenters. The number of ether oxygens (including phenoxy) is 1. The van der Waals surface area contributed by atoms with Crippen LogP contribution < -0.4 is 11.2 Å². The van der Waals surface area contributed by atoms with E-state index in [1.54, 1.807) is 0 Å². The first-order valence-electron chi connectivity index (χ1n) is 6.61. The number of rotatable bonds is 6. The van der Waals surface area contributed by atoms with Gasteiger partial charge in [-0.05, 0) is 0 Å². The van der Waals surface area contributed by atoms with E-state index in [-0.39, 0.29) is 5.03 Å². The third-order valence-corrected chi connectivity index (χ3v) is 5.66. The lowest BCUT2D eigenvalue weighted by atomic mass is 10.1. The van der Waals surface area contributed by atoms with Crippen LogP contribution in [0.25, 0.3) is 0 Å². The zero-order chi connectivity index (χ0) is 19.9. The van der Waals surface area contributed by atoms with Crippen LogP contribution in [0.4, 0.5) is 0 Å². The Balaban J connectivity index is 2.16. The van der Waals surface area contributed by atoms with E-state index in [1.165, 1.54) is 0 Å². The molecule has 1 aliphatic rings. The van der Waals surface area contributed by atoms with Gasteiger partial charge in [-0.25, -0.2) is 13.9 Å². The summed E-state index contributed by atoms with van der Waals surface area (Å²) in [6.07, 6.45) is -6.46. The molecule has 0 spiro atoms. The van der Waals surface area contributed by atoms with E-state index in [0.29, 0.717) is 4.57 Å². The number of hydrogen-bond acceptors (Lipinski definition) is 10. The summed E-state index contributed by atoms with van der Waals surface area (Å²) in [7, 11) is -10.5. The summed E-state index contributed by atoms with van der Waals surface area (Å²) in [5.74, 6) is 0. The topological polar surface area (TPSA) is 218 Å². The maximum absolute atomic E-state index is 11.8. The lowest BCUT2D eigenvalue weighted by molar-refractivity contribution is -0.0582. The Morgan fingerprint density at radius 3 is 2.38 bits per heavy atom. The Kier molecular flexibility index (Phi) is 6.32. The van der Waals surface area contributed by atoms with E-state index in [2.05, 4.69) is 21.5 Å². The van der Waals surface area contributed by atoms with Gasteiger partial charge in [0.25, 0.3) is 5.56 Å². The minimum Gasteiger partial charge on any atom is -0.387 e. The summed E-state index contributed by atoms with van der Waals surface area (Å²) in [6.45, 7) is -0.928. The smallest absolute Gasteiger partial charge is 0.387 e. The van der Waals surface area contributed by atoms with Gasteiger partial charge in [-0.1, -0.05) is 0 Å². The minimum atomic E-state index is -5.33. The van der Waals surface area contributed by atoms with Gasteiger partial charge >= 0.3 is 21.3 Å². The van der Waals surface area contributed by atoms with E-state index >= 15 is 0 Å². The quantitative estimate of drug-likeness (QED) is 0.142. The molecule has 0 bridgehead atoms. The highest BCUT2D eigenvalue weighted by Crippen LogP contribution is 2.57. The van der Waals surface area contributed by atoms with E-state index in [9.17, 15) is 33.8 Å². The van der Waals surface area contributed by atoms with Crippen LogP contribution in [-0.2, 0) is 22.7 Å². The second-order valence-electron chi connectivity index (χ2n) is 5.05. The van der Waals surface area contributed by atoms with Crippen molar-refractivity contribution in [1.82, 2.24) is 9.55 Å². The molecule has 0 saturated carbocycles. The molecule has 5 atom stereocenters. The lowest BCUT2D eigenvalue weighted by Crippen LogP contribution is -2.38. The third-order valence-electron chi connectivity index (χ3n) is 3.16. The molecule has 1 saturated heterocycles. The number of phosphoric ester groups is 1. The Morgan fingerprint density at radius 1 is 1.23 bits per heavy atom. The summed E-state index contributed by atoms with van der Waals surface area (Å²) in [4.78, 5) is 51.1. The normalized spacial score (nSPS) is 28.8. The fourth-order valence-corrected chi connectivity index (χ4v) is 4.07. The number of hydrogen-bond donors (Lipinski definition) is 7. The van der Waals surface area contributed by atoms with Gasteiger partial charge in [0, 0.05) is 6.07 Å². The Morgan fingerprint density at radius 2 is 1.85 bits per heavy atom. The van der Waals surface area contributed by atoms with E-state index in [4.69, 9.17) is 14.5 Å². The number of aromatic amines is 1. The molecular weight excluding hydrogens is 422 g/mol. The van der Waals surface area contributed by atoms with Crippen molar-refractivity contribution in [3.63, 3.8) is 0 Å². The molecule has 14 nitrogen and oxygen atoms in total. The van der Waals surface area contributed by atoms with Crippen molar-refractivity contribution in [3.05, 3.63) is 26.9 Å². The Bertz CT molecular complexity index is 878. The average molecular weight is 436 g/mol. The summed E-state index contributed by atoms with van der Waals surface area (Å²) in [5, 5.41) is 19.7. The van der Waals surface area contributed by atoms with Crippen molar-refractivity contribution < 1.29 is 47.6 Å². The van der Waals surface area contributed by atoms with Crippen LogP contribution in [0.5, 0.6) is 0 Å². The zero-order valence-corrected chi connectivity index (χ0v) is 15.2. The number of nitrogens with one attached hydrogen (secondary N) is 1. The second-order valence-corrected chi connectivity index (χ2v) is 8.34. The number of aromatic nitrogens is 2. The van der Waals surface area contributed by atoms with Gasteiger partial charge in [-0.2, -0.15) is 4.31 Å². The molecule has 1 aromatic heterocycles. The second kappa shape index (κ2) is 7.66. The first-order valence-corrected chi connectivity index (χ1v) is 10.1. The van der Waals surface area contributed by atoms with Crippen LogP contribution in [0.2, 0.25) is 0 Å². The monoisotopic (exact) mass is 436 g/mol. The van der Waals surface area contributed by atoms with Gasteiger partial charge in [0.05, 0.1) is 11.6 Å². The highest BCUT2D eigenvalue weighted by atomic mass is 32.1. The Labute approximate surface area is 149 Å². The molecule has 1 aliphatic heterocycles. The first kappa shape index (κ1) is 21.5. The highest BCUT2D eigenvalue weighted by molar-refractivity contribution is 7.80. The molecule has 0 amide bonds. The molecule has 2 heterocycles. The standard InChI is InChI=1S/C9H14N2O12P2S/c12-4-1-5(26)11(9(15)10-4)8-7(14)6(13)3(22-8)2-21-25(19,20)23-24(16,17)18/h1,3,6-8,13-14,26H,2H2,(H,19,20)(H,10,12,15)(H2,16,17,18)/t3-,6-,7-,8-/m1/s1. The highest BCUT2D eigenvalue weighted by Gasteiger charge is 2.46. The number of phosphoric acid groups is 2. The zero-order valence-electron chi connectivity index (χ0n) is 12.5. The molecule has 1 fully saturated rings. The van der Waals surface area contributed by atoms with Crippen molar-refractivity contribution >= 4 is 28.3 Å². The van der Waals surface area contributed by atoms with Crippen molar-refractivity contribution in [2.24, 2.45) is 0 Å². The molecule has 148 valence electrons. The molecule has 26 heavy (non-hydrogen) atoms. The maximum Gasteiger partial charge on any atom is 0.481 e. The number of aliphatic hydroxyl groups excluding tert-OH is 2. The average Bonchev–Trinajstić information content (AvgIpc) is 2.70. The van der Waals surface area contributed by atoms with Gasteiger partial charge < -0.3 is 29.6 Å². The maximum atomic E-state index is 11.8. The largest absolute Gasteiger partial charge is 0.481 e. The van der Waals surface area contributed by atoms with Crippen molar-refractivity contribution in [2.45, 2.75) is 29.6 Å². The summed E-state index contributed by atoms with van der Waals surface area (Å²) in [5.41, 5.74) is -1.77. The van der Waals surface area contributed by atoms with E-state index < -0.39 is 58.0 Å². The van der Waals surface area contributed by atoms with Crippen LogP contribution in [-0.4, -0.2) is 59.4 Å². The third kappa shape index (κ3) is 5.12. The fraction of sp³-hybridized carbons (Fsp3) is 0.556. The molecule has 6 N–H and O–H groups in total. The van der Waals surface area contributed by atoms with Crippen LogP contribution >= 0.6 is 28.3 Å². The number of nitrogens with zero attached hydrogens (tertiary/aromatic N) is 1. The summed E-state index contributed by atoms with van der Waals surface area (Å²) >= 11 is 3.90. The van der Waals surface area contributed by atoms with Gasteiger partial charge in [-0.15, -0.1) is 12.6 Å². The molecule has 0 radical (unpaired) electrons. The number of thiol groups is 1. The predicted octanol–water partition coefficient (Wildman–Crippen LogP) is -2.33. The van der Waals surface area contributed by atoms with Crippen molar-refractivity contribution in [3.8, 4) is 0 Å². The number of aliphatic hydroxyl groups is 2. The minimum absolute atomic E-state index is 0.200. The molecular formula is C9H14N2O12P2S. The van der Waals surface area contributed by atoms with Crippen molar-refractivity contribution in [2.75, 3.05) is 6.61 Å². The van der Waals surface area contributed by atoms with Crippen LogP contribution in [0.15, 0.2) is 20.7 Å². The molecule has 17 heteroatoms. The van der Waals surface area contributed by atoms with Gasteiger partial charge in [-0.3, -0.25) is 18.9 Å². The lowest BCUT2D eigenvalue weighted by Gasteiger charge is -2.19. The molecule has 0 aliphatic carbocycles. The number of H-pyrrole nitrogens is 1. The van der Waals surface area contributed by atoms with Crippen molar-refractivity contribution in [1.29, 1.82) is 0 Å². The summed E-state index contributed by atoms with van der Waals surface area (Å²) < 4.78 is 35.7. The molecule has 0 aromatic carbocycles. The van der Waals surface area contributed by atoms with Crippen LogP contribution in [0, 0.1) is 0 Å². The Hall–Kier alpha value is -0.830. The predicted molar refractivity (Wildman–Crippen MR) is 83.4 cm³/mol. The van der Waals surface area contributed by atoms with Crippen LogP contribution in [0.3, 0.4) is 0 Å². The van der Waals surface area contributed by atoms with Gasteiger partial charge in [0.1, 0.15) is 18.3 Å². The van der Waals surface area contributed by atoms with Crippen LogP contribution in [0.1, 0.15) is 6.23 Å². The van der Waals surface area contributed by atoms with Gasteiger partial charge in [0.2, 0.25) is 0 Å².